The number of nitrogens with zero attached hydrogens (tertiary/aromatic N) is 2. The zero-order valence-corrected chi connectivity index (χ0v) is 37.8. The van der Waals surface area contributed by atoms with Crippen LogP contribution >= 0.6 is 0 Å². The molecule has 2 heterocycles. The van der Waals surface area contributed by atoms with E-state index in [1.54, 1.807) is 0 Å². The average Bonchev–Trinajstić information content (AvgIpc) is 3.86. The molecule has 3 atom stereocenters. The van der Waals surface area contributed by atoms with Crippen LogP contribution in [0.3, 0.4) is 0 Å². The second-order valence-corrected chi connectivity index (χ2v) is 19.4. The number of para-hydroxylation sites is 2. The maximum Gasteiger partial charge on any atom is 0.117 e. The number of aliphatic imine (C=N–C) groups is 1. The third-order valence-corrected chi connectivity index (χ3v) is 15.7. The van der Waals surface area contributed by atoms with Crippen LogP contribution in [0.2, 0.25) is 0 Å². The standard InChI is InChI=1S/C65H48N2/c1-39-24-30-51-59-38-58-49-19-9-8-18-48(49)40(2)54(58)37-60(59)57-36-47-34-45-16-6-7-17-46(45)35-55(47)50-31-25-41(32-56(50)57)33-61(51)64(44-28-26-43(27-29-44)42-14-4-3-5-15-42)66-65(39)67-62-22-12-10-20-52(62)53-21-11-13-23-63(53)67/h3-23,25-32,34-35,37-40,57H,24,33,36H2,1-2H3/t39-,40?,57?/m1/s1. The summed E-state index contributed by atoms with van der Waals surface area (Å²) in [6, 6.07) is 73.3. The molecule has 14 rings (SSSR count). The average molecular weight is 857 g/mol. The lowest BCUT2D eigenvalue weighted by Gasteiger charge is -2.31. The van der Waals surface area contributed by atoms with Gasteiger partial charge in [0.25, 0.3) is 0 Å². The van der Waals surface area contributed by atoms with Crippen LogP contribution in [-0.4, -0.2) is 10.4 Å². The van der Waals surface area contributed by atoms with Gasteiger partial charge < -0.3 is 0 Å². The van der Waals surface area contributed by atoms with E-state index >= 15 is 0 Å². The van der Waals surface area contributed by atoms with Crippen LogP contribution in [0.4, 0.5) is 0 Å². The summed E-state index contributed by atoms with van der Waals surface area (Å²) in [5, 5.41) is 5.12. The first-order valence-corrected chi connectivity index (χ1v) is 24.1. The fourth-order valence-corrected chi connectivity index (χ4v) is 12.3. The van der Waals surface area contributed by atoms with Crippen molar-refractivity contribution in [3.8, 4) is 33.4 Å². The summed E-state index contributed by atoms with van der Waals surface area (Å²) in [6.07, 6.45) is 5.17. The van der Waals surface area contributed by atoms with Crippen LogP contribution in [0.25, 0.3) is 77.2 Å². The third kappa shape index (κ3) is 5.92. The minimum absolute atomic E-state index is 0.112. The van der Waals surface area contributed by atoms with Gasteiger partial charge in [0.2, 0.25) is 0 Å². The SMILES string of the molecule is CC1c2ccccc2-c2cc3c(cc21)C1Cc2cc4ccccc4cc2-c2ccc(cc21)CC1=C(c2ccc(-c4ccccc4)cc2)N=C(n2c4ccccc4c4ccccc42)[C@H](C)CC=C13. The monoisotopic (exact) mass is 856 g/mol. The van der Waals surface area contributed by atoms with Crippen molar-refractivity contribution in [1.82, 2.24) is 4.57 Å². The van der Waals surface area contributed by atoms with Crippen molar-refractivity contribution in [2.75, 3.05) is 0 Å². The minimum atomic E-state index is 0.112. The van der Waals surface area contributed by atoms with E-state index in [2.05, 4.69) is 219 Å². The van der Waals surface area contributed by atoms with Crippen LogP contribution in [0.1, 0.15) is 76.6 Å². The Morgan fingerprint density at radius 3 is 1.91 bits per heavy atom. The largest absolute Gasteiger partial charge is 0.297 e. The van der Waals surface area contributed by atoms with E-state index in [4.69, 9.17) is 4.99 Å². The summed E-state index contributed by atoms with van der Waals surface area (Å²) in [5.41, 5.74) is 24.9. The summed E-state index contributed by atoms with van der Waals surface area (Å²) in [7, 11) is 0. The molecule has 67 heavy (non-hydrogen) atoms. The van der Waals surface area contributed by atoms with E-state index in [-0.39, 0.29) is 11.8 Å². The summed E-state index contributed by atoms with van der Waals surface area (Å²) in [4.78, 5) is 6.10. The van der Waals surface area contributed by atoms with Gasteiger partial charge in [0.1, 0.15) is 5.84 Å². The molecule has 2 nitrogen and oxygen atoms in total. The van der Waals surface area contributed by atoms with Gasteiger partial charge >= 0.3 is 0 Å². The Morgan fingerprint density at radius 1 is 0.478 bits per heavy atom. The molecular formula is C65H48N2. The highest BCUT2D eigenvalue weighted by molar-refractivity contribution is 6.15. The van der Waals surface area contributed by atoms with Gasteiger partial charge in [0, 0.05) is 40.5 Å². The Hall–Kier alpha value is -7.81. The molecule has 10 aromatic rings. The summed E-state index contributed by atoms with van der Waals surface area (Å²) in [6.45, 7) is 4.79. The van der Waals surface area contributed by atoms with Crippen LogP contribution in [0.15, 0.2) is 211 Å². The van der Waals surface area contributed by atoms with Crippen molar-refractivity contribution in [1.29, 1.82) is 0 Å². The summed E-state index contributed by atoms with van der Waals surface area (Å²) >= 11 is 0. The molecule has 2 unspecified atom stereocenters. The Labute approximate surface area is 391 Å². The molecule has 0 amide bonds. The van der Waals surface area contributed by atoms with Gasteiger partial charge in [-0.05, 0) is 131 Å². The number of rotatable bonds is 2. The third-order valence-electron chi connectivity index (χ3n) is 15.7. The Bertz CT molecular complexity index is 3750. The smallest absolute Gasteiger partial charge is 0.117 e. The van der Waals surface area contributed by atoms with E-state index in [1.807, 2.05) is 0 Å². The van der Waals surface area contributed by atoms with E-state index in [0.717, 1.165) is 36.4 Å². The normalized spacial score (nSPS) is 18.1. The first-order valence-electron chi connectivity index (χ1n) is 24.1. The van der Waals surface area contributed by atoms with Gasteiger partial charge in [-0.2, -0.15) is 0 Å². The Balaban J connectivity index is 1.08. The molecule has 0 spiro atoms. The molecule has 0 fully saturated rings. The van der Waals surface area contributed by atoms with Gasteiger partial charge in [-0.1, -0.05) is 190 Å². The summed E-state index contributed by atoms with van der Waals surface area (Å²) in [5.74, 6) is 1.69. The van der Waals surface area contributed by atoms with Gasteiger partial charge in [-0.15, -0.1) is 0 Å². The highest BCUT2D eigenvalue weighted by Gasteiger charge is 2.36. The number of hydrogen-bond acceptors (Lipinski definition) is 1. The highest BCUT2D eigenvalue weighted by Crippen LogP contribution is 2.53. The van der Waals surface area contributed by atoms with Crippen molar-refractivity contribution in [2.45, 2.75) is 44.9 Å². The van der Waals surface area contributed by atoms with Crippen molar-refractivity contribution in [3.63, 3.8) is 0 Å². The molecular weight excluding hydrogens is 809 g/mol. The van der Waals surface area contributed by atoms with Crippen molar-refractivity contribution in [2.24, 2.45) is 10.9 Å². The van der Waals surface area contributed by atoms with Gasteiger partial charge in [-0.25, -0.2) is 4.99 Å². The lowest BCUT2D eigenvalue weighted by molar-refractivity contribution is 0.764. The van der Waals surface area contributed by atoms with E-state index in [1.165, 1.54) is 116 Å². The molecule has 0 radical (unpaired) electrons. The number of hydrogen-bond donors (Lipinski definition) is 0. The Kier molecular flexibility index (Phi) is 8.53. The van der Waals surface area contributed by atoms with Crippen LogP contribution in [0, 0.1) is 5.92 Å². The lowest BCUT2D eigenvalue weighted by Crippen LogP contribution is -2.22. The quantitative estimate of drug-likeness (QED) is 0.165. The number of benzene rings is 9. The molecule has 0 N–H and O–H groups in total. The van der Waals surface area contributed by atoms with Gasteiger partial charge in [0.15, 0.2) is 0 Å². The van der Waals surface area contributed by atoms with Crippen LogP contribution < -0.4 is 0 Å². The predicted octanol–water partition coefficient (Wildman–Crippen LogP) is 16.4. The van der Waals surface area contributed by atoms with E-state index in [9.17, 15) is 0 Å². The van der Waals surface area contributed by atoms with Crippen LogP contribution in [0.5, 0.6) is 0 Å². The highest BCUT2D eigenvalue weighted by atomic mass is 15.1. The number of aromatic nitrogens is 1. The molecule has 4 aliphatic rings. The second kappa shape index (κ2) is 14.9. The number of allylic oxidation sites excluding steroid dienone is 3. The topological polar surface area (TPSA) is 17.3 Å². The first kappa shape index (κ1) is 38.5. The molecule has 1 aromatic heterocycles. The van der Waals surface area contributed by atoms with Gasteiger partial charge in [-0.3, -0.25) is 4.57 Å². The predicted molar refractivity (Wildman–Crippen MR) is 281 cm³/mol. The first-order chi connectivity index (χ1) is 33.0. The van der Waals surface area contributed by atoms with Crippen molar-refractivity contribution in [3.05, 3.63) is 250 Å². The zero-order chi connectivity index (χ0) is 44.3. The number of fused-ring (bicyclic) bond motifs is 14. The molecule has 1 aliphatic heterocycles. The fourth-order valence-electron chi connectivity index (χ4n) is 12.3. The lowest BCUT2D eigenvalue weighted by atomic mass is 9.72. The van der Waals surface area contributed by atoms with Crippen LogP contribution in [-0.2, 0) is 12.8 Å². The maximum atomic E-state index is 6.10. The molecule has 0 saturated heterocycles. The zero-order valence-electron chi connectivity index (χ0n) is 37.8. The van der Waals surface area contributed by atoms with E-state index in [0.29, 0.717) is 5.92 Å². The minimum Gasteiger partial charge on any atom is -0.297 e. The molecule has 3 aliphatic carbocycles. The molecule has 0 saturated carbocycles. The summed E-state index contributed by atoms with van der Waals surface area (Å²) < 4.78 is 2.47. The van der Waals surface area contributed by atoms with Crippen molar-refractivity contribution < 1.29 is 0 Å². The molecule has 2 heteroatoms. The van der Waals surface area contributed by atoms with Crippen molar-refractivity contribution >= 4 is 49.7 Å². The molecule has 2 bridgehead atoms. The van der Waals surface area contributed by atoms with Gasteiger partial charge in [0.05, 0.1) is 16.7 Å². The maximum absolute atomic E-state index is 6.10. The van der Waals surface area contributed by atoms with E-state index < -0.39 is 0 Å². The Morgan fingerprint density at radius 2 is 1.12 bits per heavy atom. The molecule has 318 valence electrons. The molecule has 9 aromatic carbocycles. The fraction of sp³-hybridized carbons (Fsp3) is 0.123. The second-order valence-electron chi connectivity index (χ2n) is 19.4.